The fraction of sp³-hybridized carbons (Fsp3) is 0.414. The van der Waals surface area contributed by atoms with Crippen molar-refractivity contribution in [2.75, 3.05) is 18.0 Å². The molecule has 9 heteroatoms. The van der Waals surface area contributed by atoms with E-state index in [1.165, 1.54) is 5.01 Å². The van der Waals surface area contributed by atoms with Crippen molar-refractivity contribution >= 4 is 23.5 Å². The number of rotatable bonds is 12. The van der Waals surface area contributed by atoms with Gasteiger partial charge < -0.3 is 20.5 Å². The van der Waals surface area contributed by atoms with Crippen molar-refractivity contribution in [3.8, 4) is 5.75 Å². The second kappa shape index (κ2) is 12.1. The molecule has 0 bridgehead atoms. The Bertz CT molecular complexity index is 1160. The van der Waals surface area contributed by atoms with E-state index < -0.39 is 28.9 Å². The molecule has 38 heavy (non-hydrogen) atoms. The van der Waals surface area contributed by atoms with E-state index in [4.69, 9.17) is 10.5 Å². The number of carboxylic acid groups (broad SMARTS) is 1. The molecule has 9 nitrogen and oxygen atoms in total. The molecule has 0 aromatic heterocycles. The molecule has 0 saturated carbocycles. The third-order valence-corrected chi connectivity index (χ3v) is 6.69. The average Bonchev–Trinajstić information content (AvgIpc) is 3.27. The van der Waals surface area contributed by atoms with Crippen molar-refractivity contribution in [1.29, 1.82) is 0 Å². The van der Waals surface area contributed by atoms with Crippen LogP contribution in [0.4, 0.5) is 5.69 Å². The Balaban J connectivity index is 1.91. The maximum Gasteiger partial charge on any atom is 0.346 e. The summed E-state index contributed by atoms with van der Waals surface area (Å²) >= 11 is 0. The molecule has 0 aliphatic carbocycles. The van der Waals surface area contributed by atoms with Gasteiger partial charge in [-0.15, -0.1) is 0 Å². The first-order valence-corrected chi connectivity index (χ1v) is 12.7. The molecule has 4 N–H and O–H groups in total. The number of carboxylic acids is 1. The number of carbonyl (C=O) groups excluding carboxylic acids is 2. The number of amides is 2. The van der Waals surface area contributed by atoms with Crippen LogP contribution in [0, 0.1) is 5.41 Å². The molecule has 2 aromatic carbocycles. The first-order chi connectivity index (χ1) is 18.0. The number of allylic oxidation sites excluding steroid dienone is 1. The Morgan fingerprint density at radius 1 is 1.13 bits per heavy atom. The first-order valence-electron chi connectivity index (χ1n) is 12.7. The normalized spacial score (nSPS) is 17.5. The summed E-state index contributed by atoms with van der Waals surface area (Å²) in [4.78, 5) is 39.4. The van der Waals surface area contributed by atoms with Crippen LogP contribution in [0.15, 0.2) is 66.2 Å². The molecule has 1 heterocycles. The topological polar surface area (TPSA) is 125 Å². The molecule has 0 spiro atoms. The summed E-state index contributed by atoms with van der Waals surface area (Å²) in [6, 6.07) is 17.1. The van der Waals surface area contributed by atoms with Crippen molar-refractivity contribution in [3.63, 3.8) is 0 Å². The minimum Gasteiger partial charge on any atom is -0.489 e. The maximum atomic E-state index is 13.1. The van der Waals surface area contributed by atoms with Gasteiger partial charge in [0.15, 0.2) is 0 Å². The molecular weight excluding hydrogens is 484 g/mol. The molecule has 2 aromatic rings. The summed E-state index contributed by atoms with van der Waals surface area (Å²) in [5.74, 6) is -1.48. The number of anilines is 1. The van der Waals surface area contributed by atoms with Crippen LogP contribution in [0.2, 0.25) is 0 Å². The molecule has 2 amide bonds. The third-order valence-electron chi connectivity index (χ3n) is 6.69. The first kappa shape index (κ1) is 28.7. The minimum atomic E-state index is -1.53. The Kier molecular flexibility index (Phi) is 9.17. The minimum absolute atomic E-state index is 0.154. The van der Waals surface area contributed by atoms with Crippen molar-refractivity contribution in [2.24, 2.45) is 11.1 Å². The van der Waals surface area contributed by atoms with Gasteiger partial charge in [-0.1, -0.05) is 55.8 Å². The molecule has 1 saturated heterocycles. The van der Waals surface area contributed by atoms with Crippen LogP contribution < -0.4 is 20.8 Å². The molecule has 1 aliphatic rings. The van der Waals surface area contributed by atoms with Gasteiger partial charge in [0, 0.05) is 25.2 Å². The lowest BCUT2D eigenvalue weighted by molar-refractivity contribution is -0.155. The van der Waals surface area contributed by atoms with Gasteiger partial charge >= 0.3 is 5.97 Å². The molecule has 1 fully saturated rings. The van der Waals surface area contributed by atoms with E-state index in [0.717, 1.165) is 11.1 Å². The zero-order chi connectivity index (χ0) is 27.9. The predicted octanol–water partition coefficient (Wildman–Crippen LogP) is 3.85. The van der Waals surface area contributed by atoms with Gasteiger partial charge in [-0.2, -0.15) is 5.01 Å². The lowest BCUT2D eigenvalue weighted by Crippen LogP contribution is -2.68. The number of hydrogen-bond donors (Lipinski definition) is 3. The lowest BCUT2D eigenvalue weighted by Gasteiger charge is -2.45. The quantitative estimate of drug-likeness (QED) is 0.362. The summed E-state index contributed by atoms with van der Waals surface area (Å²) in [7, 11) is 0. The van der Waals surface area contributed by atoms with Gasteiger partial charge in [-0.25, -0.2) is 4.79 Å². The third kappa shape index (κ3) is 6.72. The fourth-order valence-electron chi connectivity index (χ4n) is 4.57. The van der Waals surface area contributed by atoms with Crippen LogP contribution in [-0.4, -0.2) is 46.7 Å². The van der Waals surface area contributed by atoms with Crippen LogP contribution in [0.5, 0.6) is 5.75 Å². The van der Waals surface area contributed by atoms with E-state index in [1.807, 2.05) is 74.5 Å². The molecule has 204 valence electrons. The zero-order valence-electron chi connectivity index (χ0n) is 22.6. The standard InChI is InChI=1S/C29H38N4O5/c1-21(2)15-18-32(23-11-13-24(14-12-23)38-20-22-9-6-5-7-10-22)29(27(36)37)16-8-17-33(29)31-26(35)28(3,4)19-25(30)34/h5-7,9-15H,8,16-20H2,1-4H3,(H2,30,34)(H,31,35)(H,36,37)/t29-/m0/s1. The summed E-state index contributed by atoms with van der Waals surface area (Å²) in [6.07, 6.45) is 2.66. The van der Waals surface area contributed by atoms with Crippen LogP contribution in [0.3, 0.4) is 0 Å². The average molecular weight is 523 g/mol. The molecule has 3 rings (SSSR count). The monoisotopic (exact) mass is 522 g/mol. The SMILES string of the molecule is CC(C)=CCN(c1ccc(OCc2ccccc2)cc1)[C@@]1(C(=O)O)CCCN1NC(=O)C(C)(C)CC(N)=O. The number of aliphatic carboxylic acids is 1. The number of nitrogens with two attached hydrogens (primary N) is 1. The predicted molar refractivity (Wildman–Crippen MR) is 146 cm³/mol. The lowest BCUT2D eigenvalue weighted by atomic mass is 9.88. The summed E-state index contributed by atoms with van der Waals surface area (Å²) < 4.78 is 5.91. The van der Waals surface area contributed by atoms with Gasteiger partial charge in [-0.05, 0) is 56.5 Å². The highest BCUT2D eigenvalue weighted by Gasteiger charge is 2.54. The van der Waals surface area contributed by atoms with Gasteiger partial charge in [0.05, 0.1) is 5.41 Å². The molecule has 0 radical (unpaired) electrons. The Morgan fingerprint density at radius 2 is 1.79 bits per heavy atom. The Hall–Kier alpha value is -3.85. The Morgan fingerprint density at radius 3 is 2.37 bits per heavy atom. The second-order valence-corrected chi connectivity index (χ2v) is 10.5. The molecule has 0 unspecified atom stereocenters. The number of hydrazine groups is 1. The van der Waals surface area contributed by atoms with Gasteiger partial charge in [0.1, 0.15) is 12.4 Å². The fourth-order valence-corrected chi connectivity index (χ4v) is 4.57. The zero-order valence-corrected chi connectivity index (χ0v) is 22.6. The van der Waals surface area contributed by atoms with E-state index in [0.29, 0.717) is 44.0 Å². The van der Waals surface area contributed by atoms with E-state index in [-0.39, 0.29) is 6.42 Å². The van der Waals surface area contributed by atoms with Gasteiger partial charge in [-0.3, -0.25) is 15.0 Å². The highest BCUT2D eigenvalue weighted by Crippen LogP contribution is 2.37. The van der Waals surface area contributed by atoms with E-state index in [9.17, 15) is 19.5 Å². The van der Waals surface area contributed by atoms with Crippen molar-refractivity contribution in [1.82, 2.24) is 10.4 Å². The number of hydrogen-bond acceptors (Lipinski definition) is 6. The Labute approximate surface area is 224 Å². The van der Waals surface area contributed by atoms with Crippen LogP contribution in [-0.2, 0) is 21.0 Å². The number of primary amides is 1. The number of nitrogens with one attached hydrogen (secondary N) is 1. The number of benzene rings is 2. The maximum absolute atomic E-state index is 13.1. The van der Waals surface area contributed by atoms with E-state index in [1.54, 1.807) is 18.7 Å². The molecule has 1 atom stereocenters. The summed E-state index contributed by atoms with van der Waals surface area (Å²) in [5, 5.41) is 12.1. The van der Waals surface area contributed by atoms with Crippen molar-refractivity contribution in [3.05, 3.63) is 71.8 Å². The van der Waals surface area contributed by atoms with Gasteiger partial charge in [0.25, 0.3) is 0 Å². The van der Waals surface area contributed by atoms with Crippen LogP contribution in [0.1, 0.15) is 52.5 Å². The largest absolute Gasteiger partial charge is 0.489 e. The number of nitrogens with zero attached hydrogens (tertiary/aromatic N) is 2. The summed E-state index contributed by atoms with van der Waals surface area (Å²) in [6.45, 7) is 8.20. The van der Waals surface area contributed by atoms with E-state index >= 15 is 0 Å². The summed E-state index contributed by atoms with van der Waals surface area (Å²) in [5.41, 5.74) is 8.27. The molecular formula is C29H38N4O5. The van der Waals surface area contributed by atoms with Gasteiger partial charge in [0.2, 0.25) is 17.5 Å². The van der Waals surface area contributed by atoms with Crippen LogP contribution in [0.25, 0.3) is 0 Å². The second-order valence-electron chi connectivity index (χ2n) is 10.5. The van der Waals surface area contributed by atoms with Crippen molar-refractivity contribution in [2.45, 2.75) is 59.2 Å². The number of carbonyl (C=O) groups is 3. The molecule has 1 aliphatic heterocycles. The smallest absolute Gasteiger partial charge is 0.346 e. The van der Waals surface area contributed by atoms with Crippen molar-refractivity contribution < 1.29 is 24.2 Å². The highest BCUT2D eigenvalue weighted by molar-refractivity contribution is 5.89. The highest BCUT2D eigenvalue weighted by atomic mass is 16.5. The van der Waals surface area contributed by atoms with E-state index in [2.05, 4.69) is 5.43 Å². The number of ether oxygens (including phenoxy) is 1. The van der Waals surface area contributed by atoms with Crippen LogP contribution >= 0.6 is 0 Å².